The number of nitrogens with one attached hydrogen (secondary N) is 1. The molecule has 0 bridgehead atoms. The molecular weight excluding hydrogens is 354 g/mol. The van der Waals surface area contributed by atoms with Gasteiger partial charge < -0.3 is 11.1 Å². The molecule has 1 fully saturated rings. The van der Waals surface area contributed by atoms with Crippen LogP contribution in [0.1, 0.15) is 76.8 Å². The van der Waals surface area contributed by atoms with Gasteiger partial charge in [-0.15, -0.1) is 0 Å². The van der Waals surface area contributed by atoms with Gasteiger partial charge in [0.1, 0.15) is 0 Å². The highest BCUT2D eigenvalue weighted by atomic mass is 15.0. The van der Waals surface area contributed by atoms with Crippen molar-refractivity contribution in [2.45, 2.75) is 85.1 Å². The quantitative estimate of drug-likeness (QED) is 0.280. The van der Waals surface area contributed by atoms with E-state index < -0.39 is 0 Å². The summed E-state index contributed by atoms with van der Waals surface area (Å²) in [6, 6.07) is 6.71. The van der Waals surface area contributed by atoms with Gasteiger partial charge in [0.2, 0.25) is 0 Å². The number of anilines is 1. The van der Waals surface area contributed by atoms with Gasteiger partial charge in [0.05, 0.1) is 11.4 Å². The zero-order chi connectivity index (χ0) is 21.4. The van der Waals surface area contributed by atoms with Crippen molar-refractivity contribution < 1.29 is 0 Å². The van der Waals surface area contributed by atoms with Gasteiger partial charge in [-0.2, -0.15) is 0 Å². The van der Waals surface area contributed by atoms with E-state index in [4.69, 9.17) is 10.7 Å². The van der Waals surface area contributed by atoms with Crippen LogP contribution in [0, 0.1) is 6.92 Å². The number of aryl methyl sites for hydroxylation is 2. The van der Waals surface area contributed by atoms with E-state index in [9.17, 15) is 0 Å². The fourth-order valence-corrected chi connectivity index (χ4v) is 4.01. The number of aliphatic imine (C=N–C) groups is 1. The van der Waals surface area contributed by atoms with Crippen LogP contribution in [0.5, 0.6) is 0 Å². The standard InChI is InChI=1S/C26H39N3/c1-18(2)26(29-22(6)21(5)28-25-13-8-7-9-14-25)20(4)11-10-12-23-17-24(27)16-15-19(23)3/h15-17,25,28H,1,5,7-14,27H2,2-4,6H3/b26-20-,29-22+. The Kier molecular flexibility index (Phi) is 8.75. The molecule has 0 saturated heterocycles. The van der Waals surface area contributed by atoms with Gasteiger partial charge in [-0.3, -0.25) is 4.99 Å². The third kappa shape index (κ3) is 7.23. The number of rotatable bonds is 9. The lowest BCUT2D eigenvalue weighted by Crippen LogP contribution is -2.32. The third-order valence-electron chi connectivity index (χ3n) is 5.88. The molecule has 0 atom stereocenters. The minimum Gasteiger partial charge on any atom is -0.399 e. The van der Waals surface area contributed by atoms with E-state index in [2.05, 4.69) is 44.5 Å². The average Bonchev–Trinajstić information content (AvgIpc) is 2.68. The summed E-state index contributed by atoms with van der Waals surface area (Å²) in [4.78, 5) is 4.91. The third-order valence-corrected chi connectivity index (χ3v) is 5.88. The summed E-state index contributed by atoms with van der Waals surface area (Å²) in [7, 11) is 0. The van der Waals surface area contributed by atoms with E-state index in [0.717, 1.165) is 47.6 Å². The molecule has 0 aromatic heterocycles. The van der Waals surface area contributed by atoms with Crippen LogP contribution in [0.4, 0.5) is 5.69 Å². The molecule has 0 unspecified atom stereocenters. The Labute approximate surface area is 177 Å². The van der Waals surface area contributed by atoms with E-state index in [1.165, 1.54) is 48.8 Å². The molecule has 1 aliphatic carbocycles. The molecule has 29 heavy (non-hydrogen) atoms. The molecule has 2 rings (SSSR count). The lowest BCUT2D eigenvalue weighted by Gasteiger charge is -2.25. The molecule has 0 spiro atoms. The predicted octanol–water partition coefficient (Wildman–Crippen LogP) is 6.65. The Morgan fingerprint density at radius 3 is 2.48 bits per heavy atom. The summed E-state index contributed by atoms with van der Waals surface area (Å²) in [5.41, 5.74) is 14.6. The first kappa shape index (κ1) is 23.0. The number of nitrogens with two attached hydrogens (primary N) is 1. The van der Waals surface area contributed by atoms with Crippen molar-refractivity contribution in [1.82, 2.24) is 5.32 Å². The van der Waals surface area contributed by atoms with Crippen molar-refractivity contribution >= 4 is 11.4 Å². The van der Waals surface area contributed by atoms with Crippen LogP contribution < -0.4 is 11.1 Å². The van der Waals surface area contributed by atoms with Gasteiger partial charge in [0.15, 0.2) is 0 Å². The Balaban J connectivity index is 2.02. The first-order valence-electron chi connectivity index (χ1n) is 11.0. The molecule has 0 radical (unpaired) electrons. The Bertz CT molecular complexity index is 792. The highest BCUT2D eigenvalue weighted by Crippen LogP contribution is 2.23. The van der Waals surface area contributed by atoms with Gasteiger partial charge >= 0.3 is 0 Å². The Morgan fingerprint density at radius 2 is 1.83 bits per heavy atom. The molecule has 0 aliphatic heterocycles. The maximum atomic E-state index is 5.94. The fourth-order valence-electron chi connectivity index (χ4n) is 4.01. The number of hydrogen-bond acceptors (Lipinski definition) is 3. The summed E-state index contributed by atoms with van der Waals surface area (Å²) >= 11 is 0. The molecule has 0 amide bonds. The Morgan fingerprint density at radius 1 is 1.14 bits per heavy atom. The van der Waals surface area contributed by atoms with Crippen LogP contribution in [0.25, 0.3) is 0 Å². The fraction of sp³-hybridized carbons (Fsp3) is 0.500. The van der Waals surface area contributed by atoms with E-state index >= 15 is 0 Å². The highest BCUT2D eigenvalue weighted by molar-refractivity contribution is 5.98. The predicted molar refractivity (Wildman–Crippen MR) is 128 cm³/mol. The lowest BCUT2D eigenvalue weighted by molar-refractivity contribution is 0.401. The minimum atomic E-state index is 0.543. The number of nitrogen functional groups attached to an aromatic ring is 1. The number of benzene rings is 1. The van der Waals surface area contributed by atoms with E-state index in [1.807, 2.05) is 19.9 Å². The molecule has 0 heterocycles. The maximum absolute atomic E-state index is 5.94. The lowest BCUT2D eigenvalue weighted by atomic mass is 9.95. The van der Waals surface area contributed by atoms with Crippen molar-refractivity contribution in [2.24, 2.45) is 4.99 Å². The first-order valence-corrected chi connectivity index (χ1v) is 11.0. The second kappa shape index (κ2) is 11.0. The maximum Gasteiger partial charge on any atom is 0.0646 e. The monoisotopic (exact) mass is 393 g/mol. The molecule has 158 valence electrons. The van der Waals surface area contributed by atoms with Crippen molar-refractivity contribution in [3.8, 4) is 0 Å². The normalized spacial score (nSPS) is 16.3. The molecule has 3 N–H and O–H groups in total. The van der Waals surface area contributed by atoms with Crippen molar-refractivity contribution in [3.63, 3.8) is 0 Å². The summed E-state index contributed by atoms with van der Waals surface area (Å²) in [5, 5.41) is 3.59. The summed E-state index contributed by atoms with van der Waals surface area (Å²) in [6.45, 7) is 16.8. The van der Waals surface area contributed by atoms with Crippen LogP contribution in [-0.2, 0) is 6.42 Å². The summed E-state index contributed by atoms with van der Waals surface area (Å²) in [6.07, 6.45) is 9.53. The minimum absolute atomic E-state index is 0.543. The van der Waals surface area contributed by atoms with Crippen molar-refractivity contribution in [3.05, 3.63) is 65.0 Å². The van der Waals surface area contributed by atoms with Crippen LogP contribution in [0.15, 0.2) is 58.9 Å². The van der Waals surface area contributed by atoms with Gasteiger partial charge in [-0.25, -0.2) is 0 Å². The smallest absolute Gasteiger partial charge is 0.0646 e. The topological polar surface area (TPSA) is 50.4 Å². The summed E-state index contributed by atoms with van der Waals surface area (Å²) < 4.78 is 0. The van der Waals surface area contributed by atoms with Gasteiger partial charge in [0, 0.05) is 17.4 Å². The molecule has 3 heteroatoms. The van der Waals surface area contributed by atoms with Gasteiger partial charge in [-0.1, -0.05) is 38.5 Å². The van der Waals surface area contributed by atoms with Crippen molar-refractivity contribution in [2.75, 3.05) is 5.73 Å². The molecular formula is C26H39N3. The van der Waals surface area contributed by atoms with Gasteiger partial charge in [0.25, 0.3) is 0 Å². The zero-order valence-corrected chi connectivity index (χ0v) is 18.9. The summed E-state index contributed by atoms with van der Waals surface area (Å²) in [5.74, 6) is 0. The largest absolute Gasteiger partial charge is 0.399 e. The van der Waals surface area contributed by atoms with Crippen LogP contribution >= 0.6 is 0 Å². The number of hydrogen-bond donors (Lipinski definition) is 2. The molecule has 1 aromatic carbocycles. The van der Waals surface area contributed by atoms with Gasteiger partial charge in [-0.05, 0) is 94.2 Å². The number of nitrogens with zero attached hydrogens (tertiary/aromatic N) is 1. The van der Waals surface area contributed by atoms with Crippen LogP contribution in [0.2, 0.25) is 0 Å². The second-order valence-electron chi connectivity index (χ2n) is 8.60. The highest BCUT2D eigenvalue weighted by Gasteiger charge is 2.14. The average molecular weight is 394 g/mol. The molecule has 3 nitrogen and oxygen atoms in total. The Hall–Kier alpha value is -2.29. The molecule has 1 aliphatic rings. The van der Waals surface area contributed by atoms with Crippen LogP contribution in [0.3, 0.4) is 0 Å². The van der Waals surface area contributed by atoms with E-state index in [-0.39, 0.29) is 0 Å². The zero-order valence-electron chi connectivity index (χ0n) is 18.9. The first-order chi connectivity index (χ1) is 13.8. The van der Waals surface area contributed by atoms with E-state index in [1.54, 1.807) is 0 Å². The SMILES string of the molecule is C=C(C)C(/N=C(\C)C(=C)NC1CCCCC1)=C(\C)CCCc1cc(N)ccc1C. The second-order valence-corrected chi connectivity index (χ2v) is 8.60. The molecule has 1 aromatic rings. The molecule has 1 saturated carbocycles. The van der Waals surface area contributed by atoms with E-state index in [0.29, 0.717) is 6.04 Å². The van der Waals surface area contributed by atoms with Crippen molar-refractivity contribution in [1.29, 1.82) is 0 Å². The van der Waals surface area contributed by atoms with Crippen LogP contribution in [-0.4, -0.2) is 11.8 Å². The number of allylic oxidation sites excluding steroid dienone is 3.